The van der Waals surface area contributed by atoms with Gasteiger partial charge in [-0.2, -0.15) is 0 Å². The van der Waals surface area contributed by atoms with Gasteiger partial charge >= 0.3 is 6.03 Å². The number of ether oxygens (including phenoxy) is 1. The van der Waals surface area contributed by atoms with Crippen molar-refractivity contribution in [2.75, 3.05) is 19.7 Å². The third-order valence-electron chi connectivity index (χ3n) is 3.01. The second-order valence-corrected chi connectivity index (χ2v) is 5.16. The van der Waals surface area contributed by atoms with E-state index in [9.17, 15) is 4.79 Å². The van der Waals surface area contributed by atoms with Gasteiger partial charge in [0.1, 0.15) is 12.4 Å². The fourth-order valence-electron chi connectivity index (χ4n) is 1.89. The minimum absolute atomic E-state index is 0.185. The molecule has 0 spiro atoms. The third kappa shape index (κ3) is 6.06. The summed E-state index contributed by atoms with van der Waals surface area (Å²) in [4.78, 5) is 11.6. The van der Waals surface area contributed by atoms with Gasteiger partial charge in [0, 0.05) is 11.6 Å². The first-order valence-electron chi connectivity index (χ1n) is 7.18. The zero-order chi connectivity index (χ0) is 15.6. The molecule has 5 heteroatoms. The van der Waals surface area contributed by atoms with Gasteiger partial charge in [0.25, 0.3) is 0 Å². The first kappa shape index (κ1) is 16.2. The highest BCUT2D eigenvalue weighted by Gasteiger charge is 2.00. The van der Waals surface area contributed by atoms with E-state index in [-0.39, 0.29) is 6.03 Å². The molecule has 0 unspecified atom stereocenters. The summed E-state index contributed by atoms with van der Waals surface area (Å²) in [5, 5.41) is 6.23. The zero-order valence-electron chi connectivity index (χ0n) is 12.2. The molecule has 2 N–H and O–H groups in total. The summed E-state index contributed by atoms with van der Waals surface area (Å²) in [7, 11) is 0. The van der Waals surface area contributed by atoms with Crippen LogP contribution < -0.4 is 15.4 Å². The summed E-state index contributed by atoms with van der Waals surface area (Å²) in [5.74, 6) is 0.732. The van der Waals surface area contributed by atoms with E-state index in [2.05, 4.69) is 10.6 Å². The second-order valence-electron chi connectivity index (χ2n) is 4.72. The Kier molecular flexibility index (Phi) is 6.58. The number of rotatable bonds is 7. The van der Waals surface area contributed by atoms with E-state index in [1.54, 1.807) is 24.3 Å². The van der Waals surface area contributed by atoms with E-state index < -0.39 is 0 Å². The maximum absolute atomic E-state index is 11.6. The summed E-state index contributed by atoms with van der Waals surface area (Å²) in [6.07, 6.45) is 0.815. The van der Waals surface area contributed by atoms with E-state index in [1.165, 1.54) is 5.56 Å². The molecule has 0 saturated carbocycles. The molecule has 0 radical (unpaired) electrons. The Balaban J connectivity index is 1.55. The smallest absolute Gasteiger partial charge is 0.314 e. The number of hydrogen-bond acceptors (Lipinski definition) is 2. The molecule has 2 aromatic rings. The fourth-order valence-corrected chi connectivity index (χ4v) is 2.02. The fraction of sp³-hybridized carbons (Fsp3) is 0.235. The van der Waals surface area contributed by atoms with Crippen LogP contribution in [0.1, 0.15) is 5.56 Å². The number of nitrogens with one attached hydrogen (secondary N) is 2. The molecule has 2 amide bonds. The van der Waals surface area contributed by atoms with Crippen molar-refractivity contribution in [3.63, 3.8) is 0 Å². The van der Waals surface area contributed by atoms with Gasteiger partial charge in [-0.15, -0.1) is 0 Å². The van der Waals surface area contributed by atoms with Crippen LogP contribution in [-0.4, -0.2) is 25.7 Å². The normalized spacial score (nSPS) is 10.0. The minimum atomic E-state index is -0.185. The monoisotopic (exact) mass is 318 g/mol. The van der Waals surface area contributed by atoms with Gasteiger partial charge in [0.05, 0.1) is 6.54 Å². The molecule has 0 bridgehead atoms. The molecular weight excluding hydrogens is 300 g/mol. The Morgan fingerprint density at radius 2 is 1.64 bits per heavy atom. The van der Waals surface area contributed by atoms with Crippen molar-refractivity contribution < 1.29 is 9.53 Å². The van der Waals surface area contributed by atoms with Crippen LogP contribution in [0, 0.1) is 0 Å². The summed E-state index contributed by atoms with van der Waals surface area (Å²) < 4.78 is 5.48. The second kappa shape index (κ2) is 8.95. The lowest BCUT2D eigenvalue weighted by molar-refractivity contribution is 0.236. The quantitative estimate of drug-likeness (QED) is 0.770. The van der Waals surface area contributed by atoms with E-state index >= 15 is 0 Å². The first-order chi connectivity index (χ1) is 10.7. The maximum Gasteiger partial charge on any atom is 0.314 e. The van der Waals surface area contributed by atoms with Gasteiger partial charge in [-0.1, -0.05) is 41.9 Å². The van der Waals surface area contributed by atoms with Crippen molar-refractivity contribution >= 4 is 17.6 Å². The lowest BCUT2D eigenvalue weighted by Crippen LogP contribution is -2.38. The van der Waals surface area contributed by atoms with Crippen LogP contribution in [0.25, 0.3) is 0 Å². The molecule has 22 heavy (non-hydrogen) atoms. The molecule has 4 nitrogen and oxygen atoms in total. The molecule has 0 fully saturated rings. The number of benzene rings is 2. The van der Waals surface area contributed by atoms with Crippen LogP contribution in [0.4, 0.5) is 4.79 Å². The maximum atomic E-state index is 11.6. The lowest BCUT2D eigenvalue weighted by atomic mass is 10.1. The molecule has 116 valence electrons. The summed E-state index contributed by atoms with van der Waals surface area (Å²) in [5.41, 5.74) is 1.20. The molecule has 2 aromatic carbocycles. The molecule has 0 atom stereocenters. The van der Waals surface area contributed by atoms with Gasteiger partial charge in [-0.05, 0) is 36.2 Å². The van der Waals surface area contributed by atoms with E-state index in [1.807, 2.05) is 30.3 Å². The summed E-state index contributed by atoms with van der Waals surface area (Å²) in [6, 6.07) is 17.0. The summed E-state index contributed by atoms with van der Waals surface area (Å²) >= 11 is 5.79. The number of carbonyl (C=O) groups excluding carboxylic acids is 1. The molecule has 0 aliphatic heterocycles. The van der Waals surface area contributed by atoms with Crippen molar-refractivity contribution in [1.82, 2.24) is 10.6 Å². The summed E-state index contributed by atoms with van der Waals surface area (Å²) in [6.45, 7) is 1.46. The van der Waals surface area contributed by atoms with Gasteiger partial charge in [0.15, 0.2) is 0 Å². The first-order valence-corrected chi connectivity index (χ1v) is 7.56. The van der Waals surface area contributed by atoms with Crippen LogP contribution in [0.3, 0.4) is 0 Å². The van der Waals surface area contributed by atoms with Crippen molar-refractivity contribution in [2.45, 2.75) is 6.42 Å². The van der Waals surface area contributed by atoms with Crippen molar-refractivity contribution in [3.8, 4) is 5.75 Å². The molecule has 0 aliphatic rings. The topological polar surface area (TPSA) is 50.4 Å². The van der Waals surface area contributed by atoms with E-state index in [0.717, 1.165) is 12.2 Å². The zero-order valence-corrected chi connectivity index (χ0v) is 13.0. The minimum Gasteiger partial charge on any atom is -0.492 e. The van der Waals surface area contributed by atoms with Crippen LogP contribution >= 0.6 is 11.6 Å². The Hall–Kier alpha value is -2.20. The third-order valence-corrected chi connectivity index (χ3v) is 3.26. The highest BCUT2D eigenvalue weighted by atomic mass is 35.5. The SMILES string of the molecule is O=C(NCCOc1ccc(Cl)cc1)NCCc1ccccc1. The number of halogens is 1. The molecular formula is C17H19ClN2O2. The van der Waals surface area contributed by atoms with Gasteiger partial charge < -0.3 is 15.4 Å². The largest absolute Gasteiger partial charge is 0.492 e. The van der Waals surface area contributed by atoms with Crippen LogP contribution in [0.5, 0.6) is 5.75 Å². The Labute approximate surface area is 135 Å². The van der Waals surface area contributed by atoms with Crippen molar-refractivity contribution in [2.24, 2.45) is 0 Å². The van der Waals surface area contributed by atoms with E-state index in [0.29, 0.717) is 24.7 Å². The average Bonchev–Trinajstić information content (AvgIpc) is 2.54. The molecule has 0 saturated heterocycles. The molecule has 0 heterocycles. The van der Waals surface area contributed by atoms with Crippen molar-refractivity contribution in [1.29, 1.82) is 0 Å². The van der Waals surface area contributed by atoms with Gasteiger partial charge in [-0.3, -0.25) is 0 Å². The molecule has 0 aromatic heterocycles. The van der Waals surface area contributed by atoms with Crippen LogP contribution in [0.15, 0.2) is 54.6 Å². The number of hydrogen-bond donors (Lipinski definition) is 2. The number of carbonyl (C=O) groups is 1. The average molecular weight is 319 g/mol. The number of amides is 2. The highest BCUT2D eigenvalue weighted by molar-refractivity contribution is 6.30. The standard InChI is InChI=1S/C17H19ClN2O2/c18-15-6-8-16(9-7-15)22-13-12-20-17(21)19-11-10-14-4-2-1-3-5-14/h1-9H,10-13H2,(H2,19,20,21). The van der Waals surface area contributed by atoms with Crippen LogP contribution in [0.2, 0.25) is 5.02 Å². The lowest BCUT2D eigenvalue weighted by Gasteiger charge is -2.09. The predicted molar refractivity (Wildman–Crippen MR) is 88.5 cm³/mol. The van der Waals surface area contributed by atoms with E-state index in [4.69, 9.17) is 16.3 Å². The Bertz CT molecular complexity index is 573. The molecule has 2 rings (SSSR count). The predicted octanol–water partition coefficient (Wildman–Crippen LogP) is 3.26. The van der Waals surface area contributed by atoms with Crippen LogP contribution in [-0.2, 0) is 6.42 Å². The van der Waals surface area contributed by atoms with Crippen molar-refractivity contribution in [3.05, 3.63) is 65.2 Å². The van der Waals surface area contributed by atoms with Gasteiger partial charge in [-0.25, -0.2) is 4.79 Å². The Morgan fingerprint density at radius 3 is 2.36 bits per heavy atom. The Morgan fingerprint density at radius 1 is 0.955 bits per heavy atom. The highest BCUT2D eigenvalue weighted by Crippen LogP contribution is 2.14. The molecule has 0 aliphatic carbocycles. The number of urea groups is 1. The van der Waals surface area contributed by atoms with Gasteiger partial charge in [0.2, 0.25) is 0 Å².